The molecule has 0 bridgehead atoms. The van der Waals surface area contributed by atoms with Gasteiger partial charge in [0.1, 0.15) is 18.1 Å². The number of rotatable bonds is 5. The van der Waals surface area contributed by atoms with E-state index in [1.165, 1.54) is 0 Å². The Morgan fingerprint density at radius 2 is 2.00 bits per heavy atom. The summed E-state index contributed by atoms with van der Waals surface area (Å²) in [5.41, 5.74) is 1.90. The predicted molar refractivity (Wildman–Crippen MR) is 68.4 cm³/mol. The molecule has 2 aromatic rings. The first-order chi connectivity index (χ1) is 8.63. The number of aryl methyl sites for hydroxylation is 1. The normalized spacial score (nSPS) is 10.3. The minimum atomic E-state index is 0.164. The van der Waals surface area contributed by atoms with Crippen LogP contribution in [-0.4, -0.2) is 15.6 Å². The summed E-state index contributed by atoms with van der Waals surface area (Å²) in [6, 6.07) is 9.50. The number of aromatic nitrogens is 2. The smallest absolute Gasteiger partial charge is 0.134 e. The second kappa shape index (κ2) is 5.49. The lowest BCUT2D eigenvalue weighted by molar-refractivity contribution is -0.116. The maximum absolute atomic E-state index is 11.0. The quantitative estimate of drug-likeness (QED) is 0.809. The van der Waals surface area contributed by atoms with Crippen molar-refractivity contribution in [2.45, 2.75) is 20.0 Å². The third kappa shape index (κ3) is 3.45. The summed E-state index contributed by atoms with van der Waals surface area (Å²) in [5, 5.41) is 4.23. The second-order valence-corrected chi connectivity index (χ2v) is 4.29. The minimum Gasteiger partial charge on any atom is -0.487 e. The van der Waals surface area contributed by atoms with Gasteiger partial charge in [0.15, 0.2) is 0 Å². The second-order valence-electron chi connectivity index (χ2n) is 4.29. The Kier molecular flexibility index (Phi) is 3.77. The summed E-state index contributed by atoms with van der Waals surface area (Å²) in [7, 11) is 1.88. The number of ketones is 1. The molecule has 4 heteroatoms. The Bertz CT molecular complexity index is 529. The van der Waals surface area contributed by atoms with Gasteiger partial charge in [-0.1, -0.05) is 12.1 Å². The van der Waals surface area contributed by atoms with Crippen LogP contribution in [0, 0.1) is 0 Å². The van der Waals surface area contributed by atoms with Crippen LogP contribution in [0.2, 0.25) is 0 Å². The molecular formula is C14H16N2O2. The molecule has 18 heavy (non-hydrogen) atoms. The van der Waals surface area contributed by atoms with Crippen LogP contribution in [-0.2, 0) is 24.9 Å². The van der Waals surface area contributed by atoms with E-state index in [1.807, 2.05) is 43.6 Å². The molecule has 1 heterocycles. The zero-order chi connectivity index (χ0) is 13.0. The van der Waals surface area contributed by atoms with Crippen LogP contribution in [0.1, 0.15) is 18.2 Å². The number of carbonyl (C=O) groups excluding carboxylic acids is 1. The van der Waals surface area contributed by atoms with Crippen LogP contribution >= 0.6 is 0 Å². The maximum atomic E-state index is 11.0. The molecule has 0 aliphatic rings. The van der Waals surface area contributed by atoms with E-state index in [-0.39, 0.29) is 5.78 Å². The van der Waals surface area contributed by atoms with Gasteiger partial charge in [0.05, 0.1) is 5.69 Å². The number of hydrogen-bond donors (Lipinski definition) is 0. The van der Waals surface area contributed by atoms with Crippen molar-refractivity contribution in [2.75, 3.05) is 0 Å². The molecular weight excluding hydrogens is 228 g/mol. The van der Waals surface area contributed by atoms with E-state index in [1.54, 1.807) is 11.6 Å². The third-order valence-corrected chi connectivity index (χ3v) is 2.53. The van der Waals surface area contributed by atoms with E-state index in [9.17, 15) is 4.79 Å². The summed E-state index contributed by atoms with van der Waals surface area (Å²) >= 11 is 0. The van der Waals surface area contributed by atoms with E-state index >= 15 is 0 Å². The molecule has 2 rings (SSSR count). The highest BCUT2D eigenvalue weighted by Gasteiger charge is 2.01. The number of hydrogen-bond acceptors (Lipinski definition) is 3. The van der Waals surface area contributed by atoms with Crippen molar-refractivity contribution in [3.8, 4) is 5.75 Å². The topological polar surface area (TPSA) is 44.1 Å². The molecule has 0 unspecified atom stereocenters. The van der Waals surface area contributed by atoms with Crippen molar-refractivity contribution >= 4 is 5.78 Å². The third-order valence-electron chi connectivity index (χ3n) is 2.53. The Morgan fingerprint density at radius 3 is 2.56 bits per heavy atom. The van der Waals surface area contributed by atoms with Gasteiger partial charge in [-0.15, -0.1) is 0 Å². The molecule has 0 aliphatic heterocycles. The van der Waals surface area contributed by atoms with E-state index in [2.05, 4.69) is 5.10 Å². The molecule has 1 aromatic heterocycles. The molecule has 0 atom stereocenters. The van der Waals surface area contributed by atoms with Gasteiger partial charge in [0.25, 0.3) is 0 Å². The first-order valence-electron chi connectivity index (χ1n) is 5.83. The Balaban J connectivity index is 1.92. The Hall–Kier alpha value is -2.10. The summed E-state index contributed by atoms with van der Waals surface area (Å²) in [4.78, 5) is 11.0. The summed E-state index contributed by atoms with van der Waals surface area (Å²) in [6.45, 7) is 2.04. The molecule has 0 saturated carbocycles. The average molecular weight is 244 g/mol. The van der Waals surface area contributed by atoms with Gasteiger partial charge in [-0.2, -0.15) is 5.10 Å². The van der Waals surface area contributed by atoms with Crippen molar-refractivity contribution in [3.63, 3.8) is 0 Å². The van der Waals surface area contributed by atoms with E-state index in [0.717, 1.165) is 17.0 Å². The van der Waals surface area contributed by atoms with Crippen LogP contribution in [0.15, 0.2) is 36.5 Å². The zero-order valence-corrected chi connectivity index (χ0v) is 10.6. The SMILES string of the molecule is CC(=O)Cc1ccc(OCc2ccn(C)n2)cc1. The summed E-state index contributed by atoms with van der Waals surface area (Å²) < 4.78 is 7.35. The lowest BCUT2D eigenvalue weighted by Crippen LogP contribution is -1.99. The van der Waals surface area contributed by atoms with Gasteiger partial charge in [-0.25, -0.2) is 0 Å². The number of Topliss-reactive ketones (excluding diaryl/α,β-unsaturated/α-hetero) is 1. The van der Waals surface area contributed by atoms with Gasteiger partial charge < -0.3 is 4.74 Å². The summed E-state index contributed by atoms with van der Waals surface area (Å²) in [6.07, 6.45) is 2.36. The van der Waals surface area contributed by atoms with Crippen LogP contribution in [0.5, 0.6) is 5.75 Å². The van der Waals surface area contributed by atoms with Crippen LogP contribution in [0.4, 0.5) is 0 Å². The van der Waals surface area contributed by atoms with Gasteiger partial charge in [-0.3, -0.25) is 9.48 Å². The number of ether oxygens (including phenoxy) is 1. The largest absolute Gasteiger partial charge is 0.487 e. The fourth-order valence-corrected chi connectivity index (χ4v) is 1.69. The number of benzene rings is 1. The van der Waals surface area contributed by atoms with Crippen molar-refractivity contribution < 1.29 is 9.53 Å². The first-order valence-corrected chi connectivity index (χ1v) is 5.83. The van der Waals surface area contributed by atoms with Crippen molar-refractivity contribution in [1.29, 1.82) is 0 Å². The van der Waals surface area contributed by atoms with Crippen LogP contribution in [0.25, 0.3) is 0 Å². The Labute approximate surface area is 106 Å². The van der Waals surface area contributed by atoms with E-state index in [4.69, 9.17) is 4.74 Å². The first kappa shape index (κ1) is 12.4. The number of carbonyl (C=O) groups is 1. The molecule has 1 aromatic carbocycles. The van der Waals surface area contributed by atoms with E-state index in [0.29, 0.717) is 13.0 Å². The summed E-state index contributed by atoms with van der Waals surface area (Å²) in [5.74, 6) is 0.949. The highest BCUT2D eigenvalue weighted by molar-refractivity contribution is 5.78. The van der Waals surface area contributed by atoms with Crippen molar-refractivity contribution in [2.24, 2.45) is 7.05 Å². The van der Waals surface area contributed by atoms with Crippen LogP contribution < -0.4 is 4.74 Å². The fourth-order valence-electron chi connectivity index (χ4n) is 1.69. The molecule has 0 aliphatic carbocycles. The number of nitrogens with zero attached hydrogens (tertiary/aromatic N) is 2. The fraction of sp³-hybridized carbons (Fsp3) is 0.286. The predicted octanol–water partition coefficient (Wildman–Crippen LogP) is 2.13. The highest BCUT2D eigenvalue weighted by Crippen LogP contribution is 2.14. The lowest BCUT2D eigenvalue weighted by atomic mass is 10.1. The van der Waals surface area contributed by atoms with Gasteiger partial charge in [0, 0.05) is 19.7 Å². The van der Waals surface area contributed by atoms with Crippen molar-refractivity contribution in [1.82, 2.24) is 9.78 Å². The molecule has 0 saturated heterocycles. The molecule has 0 N–H and O–H groups in total. The minimum absolute atomic E-state index is 0.164. The lowest BCUT2D eigenvalue weighted by Gasteiger charge is -2.05. The Morgan fingerprint density at radius 1 is 1.28 bits per heavy atom. The zero-order valence-electron chi connectivity index (χ0n) is 10.6. The molecule has 0 spiro atoms. The maximum Gasteiger partial charge on any atom is 0.134 e. The van der Waals surface area contributed by atoms with Gasteiger partial charge >= 0.3 is 0 Å². The van der Waals surface area contributed by atoms with Crippen LogP contribution in [0.3, 0.4) is 0 Å². The molecule has 0 radical (unpaired) electrons. The average Bonchev–Trinajstić information content (AvgIpc) is 2.74. The standard InChI is InChI=1S/C14H16N2O2/c1-11(17)9-12-3-5-14(6-4-12)18-10-13-7-8-16(2)15-13/h3-8H,9-10H2,1-2H3. The molecule has 0 fully saturated rings. The molecule has 0 amide bonds. The van der Waals surface area contributed by atoms with Crippen molar-refractivity contribution in [3.05, 3.63) is 47.8 Å². The monoisotopic (exact) mass is 244 g/mol. The van der Waals surface area contributed by atoms with Gasteiger partial charge in [0.2, 0.25) is 0 Å². The van der Waals surface area contributed by atoms with Gasteiger partial charge in [-0.05, 0) is 30.7 Å². The molecule has 94 valence electrons. The molecule has 4 nitrogen and oxygen atoms in total. The highest BCUT2D eigenvalue weighted by atomic mass is 16.5. The van der Waals surface area contributed by atoms with E-state index < -0.39 is 0 Å².